The molecule has 1 aromatic carbocycles. The number of aromatic nitrogens is 2. The van der Waals surface area contributed by atoms with E-state index in [9.17, 15) is 18.0 Å². The monoisotopic (exact) mass is 452 g/mol. The van der Waals surface area contributed by atoms with E-state index in [2.05, 4.69) is 9.94 Å². The van der Waals surface area contributed by atoms with Crippen molar-refractivity contribution in [3.8, 4) is 11.3 Å². The van der Waals surface area contributed by atoms with Gasteiger partial charge >= 0.3 is 6.09 Å². The molecule has 2 heterocycles. The van der Waals surface area contributed by atoms with Gasteiger partial charge in [0.25, 0.3) is 5.92 Å². The Kier molecular flexibility index (Phi) is 4.78. The predicted octanol–water partition coefficient (Wildman–Crippen LogP) is 5.77. The first-order valence-corrected chi connectivity index (χ1v) is 10.0. The molecule has 164 valence electrons. The summed E-state index contributed by atoms with van der Waals surface area (Å²) in [6, 6.07) is 3.93. The lowest BCUT2D eigenvalue weighted by molar-refractivity contribution is -0.170. The minimum Gasteiger partial charge on any atom is -0.444 e. The minimum atomic E-state index is -2.89. The van der Waals surface area contributed by atoms with Crippen LogP contribution in [0.2, 0.25) is 5.02 Å². The summed E-state index contributed by atoms with van der Waals surface area (Å²) >= 11 is 5.89. The van der Waals surface area contributed by atoms with Crippen molar-refractivity contribution in [1.82, 2.24) is 14.7 Å². The maximum Gasteiger partial charge on any atom is 0.410 e. The number of hydrogen-bond acceptors (Lipinski definition) is 3. The van der Waals surface area contributed by atoms with Crippen LogP contribution in [0.3, 0.4) is 0 Å². The maximum absolute atomic E-state index is 14.0. The summed E-state index contributed by atoms with van der Waals surface area (Å²) in [5, 5.41) is 4.34. The van der Waals surface area contributed by atoms with Crippen LogP contribution >= 0.6 is 11.6 Å². The second-order valence-corrected chi connectivity index (χ2v) is 9.47. The Labute approximate surface area is 182 Å². The molecule has 31 heavy (non-hydrogen) atoms. The molecular weight excluding hydrogens is 433 g/mol. The molecule has 4 rings (SSSR count). The molecule has 1 spiro atoms. The maximum atomic E-state index is 14.0. The molecule has 1 amide bonds. The van der Waals surface area contributed by atoms with Crippen LogP contribution < -0.4 is 0 Å². The van der Waals surface area contributed by atoms with Gasteiger partial charge in [-0.05, 0) is 38.5 Å². The van der Waals surface area contributed by atoms with Gasteiger partial charge in [0.1, 0.15) is 11.4 Å². The second-order valence-electron chi connectivity index (χ2n) is 9.07. The number of carbonyl (C=O) groups excluding carboxylic acids is 1. The second kappa shape index (κ2) is 6.89. The topological polar surface area (TPSA) is 51.7 Å². The van der Waals surface area contributed by atoms with Gasteiger partial charge in [0.05, 0.1) is 41.6 Å². The predicted molar refractivity (Wildman–Crippen MR) is 108 cm³/mol. The van der Waals surface area contributed by atoms with E-state index in [-0.39, 0.29) is 29.5 Å². The first-order chi connectivity index (χ1) is 14.3. The molecule has 2 aromatic rings. The Morgan fingerprint density at radius 1 is 1.32 bits per heavy atom. The molecule has 0 bridgehead atoms. The Morgan fingerprint density at radius 3 is 2.55 bits per heavy atom. The van der Waals surface area contributed by atoms with Gasteiger partial charge in [-0.2, -0.15) is 5.10 Å². The summed E-state index contributed by atoms with van der Waals surface area (Å²) in [4.78, 5) is 17.6. The molecule has 0 saturated heterocycles. The number of rotatable bonds is 1. The SMILES string of the molecule is [C-]#[N+]c1c(-c2ccc(F)c(Cl)c2)nn2c1CN(C(=O)OC(C)(C)C)CC21CC(F)(F)C1. The highest BCUT2D eigenvalue weighted by atomic mass is 35.5. The highest BCUT2D eigenvalue weighted by Crippen LogP contribution is 2.54. The van der Waals surface area contributed by atoms with Crippen LogP contribution in [0.25, 0.3) is 16.1 Å². The lowest BCUT2D eigenvalue weighted by atomic mass is 9.72. The molecule has 6 nitrogen and oxygen atoms in total. The van der Waals surface area contributed by atoms with E-state index >= 15 is 0 Å². The number of fused-ring (bicyclic) bond motifs is 2. The van der Waals surface area contributed by atoms with E-state index in [1.165, 1.54) is 21.7 Å². The van der Waals surface area contributed by atoms with Crippen molar-refractivity contribution in [3.05, 3.63) is 46.2 Å². The Morgan fingerprint density at radius 2 is 2.00 bits per heavy atom. The third-order valence-corrected chi connectivity index (χ3v) is 5.65. The van der Waals surface area contributed by atoms with Crippen LogP contribution in [-0.4, -0.2) is 38.8 Å². The van der Waals surface area contributed by atoms with Crippen molar-refractivity contribution in [3.63, 3.8) is 0 Å². The first-order valence-electron chi connectivity index (χ1n) is 9.65. The van der Waals surface area contributed by atoms with Crippen LogP contribution in [0.1, 0.15) is 39.3 Å². The van der Waals surface area contributed by atoms with E-state index < -0.39 is 41.8 Å². The molecule has 10 heteroatoms. The van der Waals surface area contributed by atoms with Gasteiger partial charge in [0.2, 0.25) is 5.69 Å². The highest BCUT2D eigenvalue weighted by molar-refractivity contribution is 6.31. The van der Waals surface area contributed by atoms with Gasteiger partial charge in [-0.1, -0.05) is 17.7 Å². The first kappa shape index (κ1) is 21.5. The zero-order valence-corrected chi connectivity index (χ0v) is 17.9. The van der Waals surface area contributed by atoms with Gasteiger partial charge in [-0.25, -0.2) is 22.8 Å². The van der Waals surface area contributed by atoms with Crippen molar-refractivity contribution in [2.45, 2.75) is 57.2 Å². The molecule has 1 aliphatic heterocycles. The van der Waals surface area contributed by atoms with Crippen LogP contribution in [0.15, 0.2) is 18.2 Å². The van der Waals surface area contributed by atoms with Gasteiger partial charge in [0, 0.05) is 12.8 Å². The van der Waals surface area contributed by atoms with Crippen molar-refractivity contribution < 1.29 is 22.7 Å². The van der Waals surface area contributed by atoms with Crippen LogP contribution in [0.5, 0.6) is 0 Å². The average Bonchev–Trinajstić information content (AvgIpc) is 3.00. The minimum absolute atomic E-state index is 0.00671. The molecule has 1 aromatic heterocycles. The fourth-order valence-electron chi connectivity index (χ4n) is 4.22. The number of nitrogens with zero attached hydrogens (tertiary/aromatic N) is 4. The number of hydrogen-bond donors (Lipinski definition) is 0. The Bertz CT molecular complexity index is 1110. The van der Waals surface area contributed by atoms with Crippen LogP contribution in [0.4, 0.5) is 23.7 Å². The van der Waals surface area contributed by atoms with Crippen molar-refractivity contribution in [1.29, 1.82) is 0 Å². The highest BCUT2D eigenvalue weighted by Gasteiger charge is 2.61. The largest absolute Gasteiger partial charge is 0.444 e. The zero-order valence-electron chi connectivity index (χ0n) is 17.2. The molecule has 1 aliphatic carbocycles. The molecule has 0 radical (unpaired) electrons. The van der Waals surface area contributed by atoms with E-state index in [1.807, 2.05) is 0 Å². The summed E-state index contributed by atoms with van der Waals surface area (Å²) in [6.07, 6.45) is -1.65. The standard InChI is InChI=1S/C21H20ClF3N4O2/c1-19(2,3)31-18(30)28-8-15-17(26-4)16(12-5-6-14(23)13(22)7-12)27-29(15)20(11-28)9-21(24,25)10-20/h5-7H,8-11H2,1-3H3. The molecule has 0 unspecified atom stereocenters. The normalized spacial score (nSPS) is 18.8. The molecule has 0 atom stereocenters. The third kappa shape index (κ3) is 3.74. The summed E-state index contributed by atoms with van der Waals surface area (Å²) in [5.74, 6) is -3.51. The van der Waals surface area contributed by atoms with Crippen LogP contribution in [0, 0.1) is 12.4 Å². The molecular formula is C21H20ClF3N4O2. The van der Waals surface area contributed by atoms with Crippen molar-refractivity contribution in [2.24, 2.45) is 0 Å². The van der Waals surface area contributed by atoms with Crippen molar-refractivity contribution in [2.75, 3.05) is 6.54 Å². The van der Waals surface area contributed by atoms with Crippen molar-refractivity contribution >= 4 is 23.4 Å². The Hall–Kier alpha value is -2.73. The molecule has 1 saturated carbocycles. The number of ether oxygens (including phenoxy) is 1. The fraction of sp³-hybridized carbons (Fsp3) is 0.476. The van der Waals surface area contributed by atoms with E-state index in [1.54, 1.807) is 20.8 Å². The molecule has 2 aliphatic rings. The fourth-order valence-corrected chi connectivity index (χ4v) is 4.40. The van der Waals surface area contributed by atoms with Gasteiger partial charge in [0.15, 0.2) is 0 Å². The summed E-state index contributed by atoms with van der Waals surface area (Å²) < 4.78 is 48.4. The van der Waals surface area contributed by atoms with E-state index in [4.69, 9.17) is 22.9 Å². The zero-order chi connectivity index (χ0) is 22.8. The summed E-state index contributed by atoms with van der Waals surface area (Å²) in [5.41, 5.74) is -0.833. The number of halogens is 4. The number of carbonyl (C=O) groups is 1. The lowest BCUT2D eigenvalue weighted by Gasteiger charge is -2.52. The number of benzene rings is 1. The van der Waals surface area contributed by atoms with E-state index in [0.29, 0.717) is 11.3 Å². The van der Waals surface area contributed by atoms with E-state index in [0.717, 1.165) is 6.07 Å². The summed E-state index contributed by atoms with van der Waals surface area (Å²) in [7, 11) is 0. The molecule has 0 N–H and O–H groups in total. The van der Waals surface area contributed by atoms with Gasteiger partial charge in [-0.3, -0.25) is 4.68 Å². The average molecular weight is 453 g/mol. The smallest absolute Gasteiger partial charge is 0.410 e. The number of alkyl halides is 2. The van der Waals surface area contributed by atoms with Crippen LogP contribution in [-0.2, 0) is 16.8 Å². The lowest BCUT2D eigenvalue weighted by Crippen LogP contribution is -2.63. The number of amides is 1. The quantitative estimate of drug-likeness (QED) is 0.516. The summed E-state index contributed by atoms with van der Waals surface area (Å²) in [6.45, 7) is 12.8. The van der Waals surface area contributed by atoms with Gasteiger partial charge < -0.3 is 9.64 Å². The van der Waals surface area contributed by atoms with Gasteiger partial charge in [-0.15, -0.1) is 0 Å². The molecule has 1 fully saturated rings. The third-order valence-electron chi connectivity index (χ3n) is 5.36. The Balaban J connectivity index is 1.81.